The molecule has 7 nitrogen and oxygen atoms in total. The van der Waals surface area contributed by atoms with Crippen molar-refractivity contribution < 1.29 is 4.90 Å². The number of quaternary nitrogens is 1. The molecule has 1 saturated heterocycles. The summed E-state index contributed by atoms with van der Waals surface area (Å²) in [6, 6.07) is 6.11. The van der Waals surface area contributed by atoms with Gasteiger partial charge in [-0.05, 0) is 87.4 Å². The smallest absolute Gasteiger partial charge is 0.258 e. The second-order valence-electron chi connectivity index (χ2n) is 9.37. The van der Waals surface area contributed by atoms with E-state index < -0.39 is 0 Å². The highest BCUT2D eigenvalue weighted by atomic mass is 16.1. The number of benzene rings is 1. The van der Waals surface area contributed by atoms with Crippen LogP contribution in [0.5, 0.6) is 0 Å². The van der Waals surface area contributed by atoms with E-state index in [1.165, 1.54) is 16.9 Å². The van der Waals surface area contributed by atoms with Gasteiger partial charge in [-0.1, -0.05) is 11.6 Å². The minimum absolute atomic E-state index is 0.0454. The molecule has 0 amide bonds. The Hall–Kier alpha value is -2.54. The fraction of sp³-hybridized carbons (Fsp3) is 0.545. The molecule has 1 fully saturated rings. The van der Waals surface area contributed by atoms with Crippen molar-refractivity contribution in [1.82, 2.24) is 25.2 Å². The van der Waals surface area contributed by atoms with Crippen molar-refractivity contribution in [3.05, 3.63) is 51.1 Å². The summed E-state index contributed by atoms with van der Waals surface area (Å²) < 4.78 is 1.88. The summed E-state index contributed by atoms with van der Waals surface area (Å²) in [4.78, 5) is 17.8. The van der Waals surface area contributed by atoms with Gasteiger partial charge in [-0.15, -0.1) is 5.10 Å². The first-order valence-corrected chi connectivity index (χ1v) is 10.5. The Morgan fingerprint density at radius 2 is 1.83 bits per heavy atom. The molecule has 4 rings (SSSR count). The first-order chi connectivity index (χ1) is 13.8. The summed E-state index contributed by atoms with van der Waals surface area (Å²) in [5, 5.41) is 13.7. The van der Waals surface area contributed by atoms with Gasteiger partial charge in [0.2, 0.25) is 5.82 Å². The number of rotatable bonds is 3. The predicted molar refractivity (Wildman–Crippen MR) is 113 cm³/mol. The van der Waals surface area contributed by atoms with E-state index in [0.29, 0.717) is 0 Å². The first-order valence-electron chi connectivity index (χ1n) is 10.5. The van der Waals surface area contributed by atoms with Gasteiger partial charge in [-0.25, -0.2) is 4.68 Å². The van der Waals surface area contributed by atoms with Crippen molar-refractivity contribution in [1.29, 1.82) is 0 Å². The zero-order valence-corrected chi connectivity index (χ0v) is 18.0. The van der Waals surface area contributed by atoms with Gasteiger partial charge in [0.1, 0.15) is 0 Å². The maximum atomic E-state index is 13.3. The largest absolute Gasteiger partial charge is 0.322 e. The third-order valence-electron chi connectivity index (χ3n) is 5.92. The van der Waals surface area contributed by atoms with Crippen LogP contribution in [0.2, 0.25) is 0 Å². The average molecular weight is 396 g/mol. The van der Waals surface area contributed by atoms with E-state index in [2.05, 4.69) is 66.4 Å². The number of pyridine rings is 1. The molecule has 3 heterocycles. The third kappa shape index (κ3) is 3.71. The van der Waals surface area contributed by atoms with E-state index in [4.69, 9.17) is 0 Å². The van der Waals surface area contributed by atoms with E-state index in [9.17, 15) is 4.79 Å². The molecule has 1 aromatic carbocycles. The number of aryl methyl sites for hydroxylation is 2. The lowest BCUT2D eigenvalue weighted by atomic mass is 9.98. The SMILES string of the molecule is Cc1cc(C)c2[nH]c(=O)c([C@@H](c3nnnn3C(C)(C)C)[NH+]3CCCCC3)cc2c1. The summed E-state index contributed by atoms with van der Waals surface area (Å²) in [5.41, 5.74) is 3.63. The quantitative estimate of drug-likeness (QED) is 0.711. The summed E-state index contributed by atoms with van der Waals surface area (Å²) in [7, 11) is 0. The molecule has 1 aliphatic heterocycles. The molecule has 2 aromatic heterocycles. The van der Waals surface area contributed by atoms with Crippen molar-refractivity contribution >= 4 is 10.9 Å². The number of aromatic amines is 1. The van der Waals surface area contributed by atoms with Crippen molar-refractivity contribution in [3.8, 4) is 0 Å². The molecule has 0 radical (unpaired) electrons. The molecule has 0 spiro atoms. The second-order valence-corrected chi connectivity index (χ2v) is 9.37. The number of hydrogen-bond acceptors (Lipinski definition) is 4. The molecule has 29 heavy (non-hydrogen) atoms. The predicted octanol–water partition coefficient (Wildman–Crippen LogP) is 2.04. The molecule has 1 atom stereocenters. The summed E-state index contributed by atoms with van der Waals surface area (Å²) in [5.74, 6) is 0.767. The number of nitrogens with one attached hydrogen (secondary N) is 2. The van der Waals surface area contributed by atoms with E-state index in [0.717, 1.165) is 53.8 Å². The van der Waals surface area contributed by atoms with E-state index in [1.54, 1.807) is 0 Å². The summed E-state index contributed by atoms with van der Waals surface area (Å²) >= 11 is 0. The minimum atomic E-state index is -0.261. The lowest BCUT2D eigenvalue weighted by molar-refractivity contribution is -0.931. The maximum Gasteiger partial charge on any atom is 0.258 e. The summed E-state index contributed by atoms with van der Waals surface area (Å²) in [6.07, 6.45) is 3.56. The van der Waals surface area contributed by atoms with Crippen LogP contribution >= 0.6 is 0 Å². The van der Waals surface area contributed by atoms with Gasteiger partial charge in [0.05, 0.1) is 29.7 Å². The van der Waals surface area contributed by atoms with Gasteiger partial charge in [-0.3, -0.25) is 4.79 Å². The lowest BCUT2D eigenvalue weighted by Crippen LogP contribution is -3.13. The molecule has 1 aliphatic rings. The fourth-order valence-electron chi connectivity index (χ4n) is 4.61. The molecule has 0 bridgehead atoms. The number of hydrogen-bond donors (Lipinski definition) is 2. The topological polar surface area (TPSA) is 80.9 Å². The van der Waals surface area contributed by atoms with Crippen LogP contribution in [0.4, 0.5) is 0 Å². The van der Waals surface area contributed by atoms with E-state index in [-0.39, 0.29) is 17.1 Å². The highest BCUT2D eigenvalue weighted by Gasteiger charge is 2.37. The van der Waals surface area contributed by atoms with Crippen LogP contribution in [0.3, 0.4) is 0 Å². The molecule has 2 N–H and O–H groups in total. The van der Waals surface area contributed by atoms with Gasteiger partial charge in [-0.2, -0.15) is 0 Å². The Bertz CT molecular complexity index is 1080. The molecule has 3 aromatic rings. The molecular formula is C22H31N6O+. The maximum absolute atomic E-state index is 13.3. The number of tetrazole rings is 1. The van der Waals surface area contributed by atoms with E-state index >= 15 is 0 Å². The van der Waals surface area contributed by atoms with Crippen LogP contribution in [0.15, 0.2) is 23.0 Å². The number of piperidine rings is 1. The van der Waals surface area contributed by atoms with Gasteiger partial charge in [0, 0.05) is 0 Å². The fourth-order valence-corrected chi connectivity index (χ4v) is 4.61. The molecule has 0 saturated carbocycles. The number of likely N-dealkylation sites (tertiary alicyclic amines) is 1. The Balaban J connectivity index is 1.94. The lowest BCUT2D eigenvalue weighted by Gasteiger charge is -2.32. The van der Waals surface area contributed by atoms with Crippen LogP contribution in [0, 0.1) is 13.8 Å². The van der Waals surface area contributed by atoms with Crippen LogP contribution in [0.25, 0.3) is 10.9 Å². The normalized spacial score (nSPS) is 17.0. The molecule has 154 valence electrons. The number of fused-ring (bicyclic) bond motifs is 1. The highest BCUT2D eigenvalue weighted by Crippen LogP contribution is 2.24. The molecule has 0 unspecified atom stereocenters. The van der Waals surface area contributed by atoms with Crippen molar-refractivity contribution in [2.75, 3.05) is 13.1 Å². The molecule has 7 heteroatoms. The van der Waals surface area contributed by atoms with Crippen molar-refractivity contribution in [2.24, 2.45) is 0 Å². The Morgan fingerprint density at radius 1 is 1.10 bits per heavy atom. The summed E-state index contributed by atoms with van der Waals surface area (Å²) in [6.45, 7) is 12.4. The van der Waals surface area contributed by atoms with Crippen LogP contribution in [0.1, 0.15) is 68.6 Å². The second kappa shape index (κ2) is 7.37. The van der Waals surface area contributed by atoms with Crippen molar-refractivity contribution in [2.45, 2.75) is 65.5 Å². The molecular weight excluding hydrogens is 364 g/mol. The van der Waals surface area contributed by atoms with Gasteiger partial charge in [0.25, 0.3) is 5.56 Å². The average Bonchev–Trinajstić information content (AvgIpc) is 3.14. The number of aromatic nitrogens is 5. The highest BCUT2D eigenvalue weighted by molar-refractivity contribution is 5.83. The molecule has 0 aliphatic carbocycles. The van der Waals surface area contributed by atoms with Crippen molar-refractivity contribution in [3.63, 3.8) is 0 Å². The van der Waals surface area contributed by atoms with Gasteiger partial charge in [0.15, 0.2) is 6.04 Å². The van der Waals surface area contributed by atoms with Crippen LogP contribution < -0.4 is 10.5 Å². The van der Waals surface area contributed by atoms with Crippen LogP contribution in [-0.4, -0.2) is 38.3 Å². The minimum Gasteiger partial charge on any atom is -0.322 e. The number of nitrogens with zero attached hydrogens (tertiary/aromatic N) is 4. The van der Waals surface area contributed by atoms with Gasteiger partial charge >= 0.3 is 0 Å². The Morgan fingerprint density at radius 3 is 2.52 bits per heavy atom. The Labute approximate surface area is 171 Å². The van der Waals surface area contributed by atoms with Gasteiger partial charge < -0.3 is 9.88 Å². The first kappa shape index (κ1) is 19.8. The van der Waals surface area contributed by atoms with E-state index in [1.807, 2.05) is 11.6 Å². The Kier molecular flexibility index (Phi) is 5.02. The zero-order chi connectivity index (χ0) is 20.8. The standard InChI is InChI=1S/C22H30N6O/c1-14-11-15(2)18-16(12-14)13-17(21(29)23-18)19(27-9-7-6-8-10-27)20-24-25-26-28(20)22(3,4)5/h11-13,19H,6-10H2,1-5H3,(H,23,29)/p+1/t19-/m0/s1. The third-order valence-corrected chi connectivity index (χ3v) is 5.92. The zero-order valence-electron chi connectivity index (χ0n) is 18.0. The number of H-pyrrole nitrogens is 1. The van der Waals surface area contributed by atoms with Crippen LogP contribution in [-0.2, 0) is 5.54 Å². The monoisotopic (exact) mass is 395 g/mol.